The highest BCUT2D eigenvalue weighted by Crippen LogP contribution is 2.19. The summed E-state index contributed by atoms with van der Waals surface area (Å²) in [7, 11) is 3.98. The molecule has 1 rings (SSSR count). The second-order valence-electron chi connectivity index (χ2n) is 2.98. The van der Waals surface area contributed by atoms with Gasteiger partial charge in [-0.1, -0.05) is 12.1 Å². The molecule has 1 aromatic carbocycles. The fourth-order valence-electron chi connectivity index (χ4n) is 0.961. The molecule has 0 fully saturated rings. The van der Waals surface area contributed by atoms with Crippen LogP contribution in [0.15, 0.2) is 29.2 Å². The van der Waals surface area contributed by atoms with Gasteiger partial charge in [0.1, 0.15) is 0 Å². The van der Waals surface area contributed by atoms with Crippen LogP contribution in [0.3, 0.4) is 0 Å². The van der Waals surface area contributed by atoms with E-state index in [1.165, 1.54) is 0 Å². The molecule has 0 aliphatic carbocycles. The Balaban J connectivity index is 2.75. The molecular weight excluding hydrogens is 182 g/mol. The van der Waals surface area contributed by atoms with Crippen molar-refractivity contribution in [2.45, 2.75) is 11.8 Å². The van der Waals surface area contributed by atoms with Crippen LogP contribution in [0.2, 0.25) is 0 Å². The number of carbonyl (C=O) groups excluding carboxylic acids is 1. The summed E-state index contributed by atoms with van der Waals surface area (Å²) in [5, 5.41) is 0. The van der Waals surface area contributed by atoms with Gasteiger partial charge in [0.2, 0.25) is 0 Å². The summed E-state index contributed by atoms with van der Waals surface area (Å²) < 4.78 is 2.02. The first-order valence-electron chi connectivity index (χ1n) is 4.06. The van der Waals surface area contributed by atoms with Crippen LogP contribution in [0, 0.1) is 0 Å². The zero-order valence-electron chi connectivity index (χ0n) is 8.07. The molecule has 70 valence electrons. The Morgan fingerprint density at radius 1 is 1.23 bits per heavy atom. The second kappa shape index (κ2) is 4.44. The maximum atomic E-state index is 11.0. The van der Waals surface area contributed by atoms with Gasteiger partial charge in [0.05, 0.1) is 0 Å². The van der Waals surface area contributed by atoms with E-state index in [0.717, 1.165) is 10.5 Å². The van der Waals surface area contributed by atoms with Gasteiger partial charge in [-0.25, -0.2) is 0 Å². The maximum Gasteiger partial charge on any atom is 0.159 e. The van der Waals surface area contributed by atoms with Crippen LogP contribution in [0.4, 0.5) is 0 Å². The Hall–Kier alpha value is -0.800. The lowest BCUT2D eigenvalue weighted by molar-refractivity contribution is 0.101. The quantitative estimate of drug-likeness (QED) is 0.546. The van der Waals surface area contributed by atoms with Crippen LogP contribution in [-0.4, -0.2) is 24.2 Å². The molecule has 0 aliphatic rings. The molecule has 1 aromatic rings. The van der Waals surface area contributed by atoms with Gasteiger partial charge in [0, 0.05) is 10.5 Å². The minimum Gasteiger partial charge on any atom is -0.295 e. The molecule has 0 saturated heterocycles. The molecule has 0 bridgehead atoms. The van der Waals surface area contributed by atoms with E-state index in [2.05, 4.69) is 0 Å². The van der Waals surface area contributed by atoms with Gasteiger partial charge in [-0.3, -0.25) is 9.10 Å². The highest BCUT2D eigenvalue weighted by atomic mass is 32.2. The minimum atomic E-state index is 0.112. The zero-order chi connectivity index (χ0) is 9.84. The molecule has 0 spiro atoms. The first kappa shape index (κ1) is 10.3. The van der Waals surface area contributed by atoms with Gasteiger partial charge < -0.3 is 0 Å². The van der Waals surface area contributed by atoms with E-state index in [-0.39, 0.29) is 5.78 Å². The molecular formula is C10H13NOS. The van der Waals surface area contributed by atoms with Crippen LogP contribution in [0.1, 0.15) is 17.3 Å². The summed E-state index contributed by atoms with van der Waals surface area (Å²) in [4.78, 5) is 12.1. The number of ketones is 1. The topological polar surface area (TPSA) is 20.3 Å². The Labute approximate surface area is 83.1 Å². The number of hydrogen-bond donors (Lipinski definition) is 0. The number of benzene rings is 1. The molecule has 0 heterocycles. The first-order chi connectivity index (χ1) is 6.09. The largest absolute Gasteiger partial charge is 0.295 e. The molecule has 0 unspecified atom stereocenters. The third kappa shape index (κ3) is 3.20. The minimum absolute atomic E-state index is 0.112. The van der Waals surface area contributed by atoms with E-state index in [0.29, 0.717) is 0 Å². The number of nitrogens with zero attached hydrogens (tertiary/aromatic N) is 1. The van der Waals surface area contributed by atoms with E-state index in [1.807, 2.05) is 42.7 Å². The molecule has 0 saturated carbocycles. The summed E-state index contributed by atoms with van der Waals surface area (Å²) in [6, 6.07) is 7.63. The van der Waals surface area contributed by atoms with Crippen molar-refractivity contribution >= 4 is 17.7 Å². The third-order valence-corrected chi connectivity index (χ3v) is 2.40. The summed E-state index contributed by atoms with van der Waals surface area (Å²) in [6.45, 7) is 1.58. The molecule has 0 aromatic heterocycles. The molecule has 3 heteroatoms. The average Bonchev–Trinajstić information content (AvgIpc) is 2.04. The van der Waals surface area contributed by atoms with Crippen molar-refractivity contribution < 1.29 is 4.79 Å². The van der Waals surface area contributed by atoms with Crippen LogP contribution >= 0.6 is 11.9 Å². The van der Waals surface area contributed by atoms with Crippen molar-refractivity contribution in [3.63, 3.8) is 0 Å². The van der Waals surface area contributed by atoms with Gasteiger partial charge in [-0.15, -0.1) is 0 Å². The second-order valence-corrected chi connectivity index (χ2v) is 4.37. The van der Waals surface area contributed by atoms with Gasteiger partial charge in [0.25, 0.3) is 0 Å². The maximum absolute atomic E-state index is 11.0. The van der Waals surface area contributed by atoms with Crippen molar-refractivity contribution in [3.8, 4) is 0 Å². The third-order valence-electron chi connectivity index (χ3n) is 1.55. The summed E-state index contributed by atoms with van der Waals surface area (Å²) in [5.74, 6) is 0.112. The number of Topliss-reactive ketones (excluding diaryl/α,β-unsaturated/α-hetero) is 1. The lowest BCUT2D eigenvalue weighted by atomic mass is 10.2. The molecule has 0 aliphatic heterocycles. The number of rotatable bonds is 3. The monoisotopic (exact) mass is 195 g/mol. The smallest absolute Gasteiger partial charge is 0.159 e. The molecule has 2 nitrogen and oxygen atoms in total. The number of hydrogen-bond acceptors (Lipinski definition) is 3. The fourth-order valence-corrected chi connectivity index (χ4v) is 1.64. The van der Waals surface area contributed by atoms with Gasteiger partial charge in [-0.2, -0.15) is 0 Å². The lowest BCUT2D eigenvalue weighted by Crippen LogP contribution is -1.98. The van der Waals surface area contributed by atoms with Crippen molar-refractivity contribution in [2.24, 2.45) is 0 Å². The Kier molecular flexibility index (Phi) is 3.51. The van der Waals surface area contributed by atoms with E-state index < -0.39 is 0 Å². The van der Waals surface area contributed by atoms with E-state index in [1.54, 1.807) is 18.9 Å². The standard InChI is InChI=1S/C10H13NOS/c1-8(12)9-4-6-10(7-5-9)13-11(2)3/h4-7H,1-3H3. The Morgan fingerprint density at radius 2 is 1.77 bits per heavy atom. The zero-order valence-corrected chi connectivity index (χ0v) is 8.89. The fraction of sp³-hybridized carbons (Fsp3) is 0.300. The van der Waals surface area contributed by atoms with E-state index >= 15 is 0 Å². The van der Waals surface area contributed by atoms with Crippen LogP contribution < -0.4 is 0 Å². The molecule has 0 atom stereocenters. The first-order valence-corrected chi connectivity index (χ1v) is 4.83. The normalized spacial score (nSPS) is 10.5. The highest BCUT2D eigenvalue weighted by Gasteiger charge is 1.99. The highest BCUT2D eigenvalue weighted by molar-refractivity contribution is 7.97. The predicted molar refractivity (Wildman–Crippen MR) is 56.0 cm³/mol. The summed E-state index contributed by atoms with van der Waals surface area (Å²) in [5.41, 5.74) is 0.767. The van der Waals surface area contributed by atoms with Gasteiger partial charge in [0.15, 0.2) is 5.78 Å². The molecule has 13 heavy (non-hydrogen) atoms. The van der Waals surface area contributed by atoms with Gasteiger partial charge >= 0.3 is 0 Å². The molecule has 0 radical (unpaired) electrons. The van der Waals surface area contributed by atoms with Crippen molar-refractivity contribution in [1.29, 1.82) is 0 Å². The Bertz CT molecular complexity index is 292. The predicted octanol–water partition coefficient (Wildman–Crippen LogP) is 2.46. The van der Waals surface area contributed by atoms with Crippen molar-refractivity contribution in [1.82, 2.24) is 4.31 Å². The van der Waals surface area contributed by atoms with Crippen LogP contribution in [0.25, 0.3) is 0 Å². The van der Waals surface area contributed by atoms with Crippen LogP contribution in [0.5, 0.6) is 0 Å². The lowest BCUT2D eigenvalue weighted by Gasteiger charge is -2.07. The SMILES string of the molecule is CC(=O)c1ccc(SN(C)C)cc1. The molecule has 0 N–H and O–H groups in total. The summed E-state index contributed by atoms with van der Waals surface area (Å²) >= 11 is 1.64. The van der Waals surface area contributed by atoms with Crippen molar-refractivity contribution in [3.05, 3.63) is 29.8 Å². The van der Waals surface area contributed by atoms with E-state index in [4.69, 9.17) is 0 Å². The van der Waals surface area contributed by atoms with Crippen molar-refractivity contribution in [2.75, 3.05) is 14.1 Å². The van der Waals surface area contributed by atoms with Gasteiger partial charge in [-0.05, 0) is 45.1 Å². The average molecular weight is 195 g/mol. The Morgan fingerprint density at radius 3 is 2.15 bits per heavy atom. The molecule has 0 amide bonds. The van der Waals surface area contributed by atoms with Crippen LogP contribution in [-0.2, 0) is 0 Å². The number of carbonyl (C=O) groups is 1. The van der Waals surface area contributed by atoms with E-state index in [9.17, 15) is 4.79 Å². The summed E-state index contributed by atoms with van der Waals surface area (Å²) in [6.07, 6.45) is 0.